The predicted molar refractivity (Wildman–Crippen MR) is 73.6 cm³/mol. The van der Waals surface area contributed by atoms with Crippen molar-refractivity contribution in [3.63, 3.8) is 0 Å². The van der Waals surface area contributed by atoms with Crippen LogP contribution in [-0.2, 0) is 0 Å². The Bertz CT molecular complexity index is 783. The normalized spacial score (nSPS) is 10.7. The SMILES string of the molecule is NC(=O)c1cnc(-c2cnc3ccsc3c2)nc1N. The Morgan fingerprint density at radius 1 is 1.26 bits per heavy atom. The first kappa shape index (κ1) is 11.5. The number of carbonyl (C=O) groups excluding carboxylic acids is 1. The molecule has 0 aliphatic heterocycles. The van der Waals surface area contributed by atoms with E-state index < -0.39 is 5.91 Å². The molecule has 7 heteroatoms. The summed E-state index contributed by atoms with van der Waals surface area (Å²) >= 11 is 1.58. The first-order chi connectivity index (χ1) is 9.15. The molecule has 3 aromatic heterocycles. The summed E-state index contributed by atoms with van der Waals surface area (Å²) in [7, 11) is 0. The van der Waals surface area contributed by atoms with Gasteiger partial charge in [-0.1, -0.05) is 0 Å². The molecule has 3 aromatic rings. The van der Waals surface area contributed by atoms with Crippen LogP contribution in [0.25, 0.3) is 21.6 Å². The number of nitrogens with two attached hydrogens (primary N) is 2. The minimum absolute atomic E-state index is 0.0729. The number of nitrogens with zero attached hydrogens (tertiary/aromatic N) is 3. The van der Waals surface area contributed by atoms with Gasteiger partial charge in [0.25, 0.3) is 5.91 Å². The molecule has 0 saturated carbocycles. The van der Waals surface area contributed by atoms with Crippen molar-refractivity contribution in [3.05, 3.63) is 35.5 Å². The van der Waals surface area contributed by atoms with Gasteiger partial charge in [-0.2, -0.15) is 0 Å². The number of primary amides is 1. The van der Waals surface area contributed by atoms with Crippen molar-refractivity contribution in [1.82, 2.24) is 15.0 Å². The highest BCUT2D eigenvalue weighted by Gasteiger charge is 2.11. The molecule has 0 unspecified atom stereocenters. The van der Waals surface area contributed by atoms with Crippen molar-refractivity contribution < 1.29 is 4.79 Å². The van der Waals surface area contributed by atoms with Crippen molar-refractivity contribution >= 4 is 33.3 Å². The summed E-state index contributed by atoms with van der Waals surface area (Å²) in [6.07, 6.45) is 3.01. The van der Waals surface area contributed by atoms with Gasteiger partial charge in [0.1, 0.15) is 5.82 Å². The highest BCUT2D eigenvalue weighted by Crippen LogP contribution is 2.24. The van der Waals surface area contributed by atoms with Gasteiger partial charge < -0.3 is 11.5 Å². The summed E-state index contributed by atoms with van der Waals surface area (Å²) < 4.78 is 1.04. The maximum absolute atomic E-state index is 11.1. The van der Waals surface area contributed by atoms with Crippen LogP contribution in [0.15, 0.2) is 29.9 Å². The molecule has 0 fully saturated rings. The second-order valence-electron chi connectivity index (χ2n) is 3.88. The number of amides is 1. The first-order valence-corrected chi connectivity index (χ1v) is 6.29. The molecule has 0 saturated heterocycles. The van der Waals surface area contributed by atoms with E-state index in [9.17, 15) is 4.79 Å². The fourth-order valence-electron chi connectivity index (χ4n) is 1.69. The molecule has 94 valence electrons. The van der Waals surface area contributed by atoms with Crippen molar-refractivity contribution in [3.8, 4) is 11.4 Å². The average molecular weight is 271 g/mol. The van der Waals surface area contributed by atoms with E-state index in [0.29, 0.717) is 5.82 Å². The summed E-state index contributed by atoms with van der Waals surface area (Å²) in [6, 6.07) is 3.88. The fraction of sp³-hybridized carbons (Fsp3) is 0. The van der Waals surface area contributed by atoms with Gasteiger partial charge in [0, 0.05) is 18.0 Å². The molecule has 1 amide bonds. The molecule has 0 aromatic carbocycles. The molecule has 3 rings (SSSR count). The van der Waals surface area contributed by atoms with Crippen molar-refractivity contribution in [2.24, 2.45) is 5.73 Å². The molecule has 3 heterocycles. The van der Waals surface area contributed by atoms with E-state index in [1.54, 1.807) is 17.5 Å². The number of carbonyl (C=O) groups is 1. The Morgan fingerprint density at radius 2 is 2.11 bits per heavy atom. The third kappa shape index (κ3) is 2.00. The molecule has 0 aliphatic rings. The Balaban J connectivity index is 2.10. The topological polar surface area (TPSA) is 108 Å². The Morgan fingerprint density at radius 3 is 2.84 bits per heavy atom. The zero-order valence-corrected chi connectivity index (χ0v) is 10.5. The van der Waals surface area contributed by atoms with Crippen LogP contribution in [0.1, 0.15) is 10.4 Å². The monoisotopic (exact) mass is 271 g/mol. The maximum atomic E-state index is 11.1. The second kappa shape index (κ2) is 4.29. The zero-order chi connectivity index (χ0) is 13.4. The highest BCUT2D eigenvalue weighted by atomic mass is 32.1. The molecule has 0 bridgehead atoms. The largest absolute Gasteiger partial charge is 0.383 e. The molecule has 19 heavy (non-hydrogen) atoms. The van der Waals surface area contributed by atoms with Gasteiger partial charge in [-0.3, -0.25) is 9.78 Å². The number of rotatable bonds is 2. The molecule has 0 spiro atoms. The summed E-state index contributed by atoms with van der Waals surface area (Å²) in [6.45, 7) is 0. The van der Waals surface area contributed by atoms with Crippen LogP contribution in [-0.4, -0.2) is 20.9 Å². The molecule has 6 nitrogen and oxygen atoms in total. The summed E-state index contributed by atoms with van der Waals surface area (Å²) in [5.74, 6) is -0.148. The van der Waals surface area contributed by atoms with Gasteiger partial charge in [0.2, 0.25) is 0 Å². The number of aromatic nitrogens is 3. The number of thiophene rings is 1. The highest BCUT2D eigenvalue weighted by molar-refractivity contribution is 7.17. The average Bonchev–Trinajstić information content (AvgIpc) is 2.85. The minimum Gasteiger partial charge on any atom is -0.383 e. The number of pyridine rings is 1. The van der Waals surface area contributed by atoms with Gasteiger partial charge in [-0.05, 0) is 17.5 Å². The molecular formula is C12H9N5OS. The number of fused-ring (bicyclic) bond motifs is 1. The lowest BCUT2D eigenvalue weighted by Gasteiger charge is -2.03. The second-order valence-corrected chi connectivity index (χ2v) is 4.83. The molecular weight excluding hydrogens is 262 g/mol. The predicted octanol–water partition coefficient (Wildman–Crippen LogP) is 1.43. The van der Waals surface area contributed by atoms with Crippen LogP contribution in [0.3, 0.4) is 0 Å². The van der Waals surface area contributed by atoms with Crippen LogP contribution in [0, 0.1) is 0 Å². The zero-order valence-electron chi connectivity index (χ0n) is 9.70. The molecule has 0 atom stereocenters. The smallest absolute Gasteiger partial charge is 0.254 e. The minimum atomic E-state index is -0.643. The van der Waals surface area contributed by atoms with E-state index in [2.05, 4.69) is 15.0 Å². The van der Waals surface area contributed by atoms with E-state index in [0.717, 1.165) is 15.8 Å². The Labute approximate surface area is 112 Å². The van der Waals surface area contributed by atoms with E-state index >= 15 is 0 Å². The van der Waals surface area contributed by atoms with Crippen LogP contribution in [0.2, 0.25) is 0 Å². The molecule has 0 radical (unpaired) electrons. The van der Waals surface area contributed by atoms with Crippen molar-refractivity contribution in [2.45, 2.75) is 0 Å². The lowest BCUT2D eigenvalue weighted by atomic mass is 10.2. The maximum Gasteiger partial charge on any atom is 0.254 e. The van der Waals surface area contributed by atoms with E-state index in [1.165, 1.54) is 6.20 Å². The number of hydrogen-bond donors (Lipinski definition) is 2. The van der Waals surface area contributed by atoms with Gasteiger partial charge in [-0.25, -0.2) is 9.97 Å². The standard InChI is InChI=1S/C12H9N5OS/c13-10-7(11(14)18)5-16-12(17-10)6-3-9-8(15-4-6)1-2-19-9/h1-5H,(H2,14,18)(H2,13,16,17). The summed E-state index contributed by atoms with van der Waals surface area (Å²) in [5, 5.41) is 1.97. The van der Waals surface area contributed by atoms with E-state index in [-0.39, 0.29) is 11.4 Å². The number of anilines is 1. The molecule has 4 N–H and O–H groups in total. The summed E-state index contributed by atoms with van der Waals surface area (Å²) in [4.78, 5) is 23.5. The third-order valence-electron chi connectivity index (χ3n) is 2.64. The van der Waals surface area contributed by atoms with Gasteiger partial charge in [0.05, 0.1) is 15.8 Å². The molecule has 0 aliphatic carbocycles. The van der Waals surface area contributed by atoms with E-state index in [1.807, 2.05) is 17.5 Å². The Kier molecular flexibility index (Phi) is 2.60. The lowest BCUT2D eigenvalue weighted by molar-refractivity contribution is 0.100. The third-order valence-corrected chi connectivity index (χ3v) is 3.50. The van der Waals surface area contributed by atoms with Crippen molar-refractivity contribution in [1.29, 1.82) is 0 Å². The first-order valence-electron chi connectivity index (χ1n) is 5.41. The van der Waals surface area contributed by atoms with Crippen LogP contribution < -0.4 is 11.5 Å². The van der Waals surface area contributed by atoms with Crippen LogP contribution in [0.5, 0.6) is 0 Å². The van der Waals surface area contributed by atoms with E-state index in [4.69, 9.17) is 11.5 Å². The number of nitrogen functional groups attached to an aromatic ring is 1. The van der Waals surface area contributed by atoms with Crippen LogP contribution >= 0.6 is 11.3 Å². The van der Waals surface area contributed by atoms with Crippen molar-refractivity contribution in [2.75, 3.05) is 5.73 Å². The summed E-state index contributed by atoms with van der Waals surface area (Å²) in [5.41, 5.74) is 12.6. The number of hydrogen-bond acceptors (Lipinski definition) is 6. The quantitative estimate of drug-likeness (QED) is 0.733. The van der Waals surface area contributed by atoms with Gasteiger partial charge in [-0.15, -0.1) is 11.3 Å². The van der Waals surface area contributed by atoms with Gasteiger partial charge in [0.15, 0.2) is 5.82 Å². The lowest BCUT2D eigenvalue weighted by Crippen LogP contribution is -2.15. The fourth-order valence-corrected chi connectivity index (χ4v) is 2.47. The van der Waals surface area contributed by atoms with Gasteiger partial charge >= 0.3 is 0 Å². The van der Waals surface area contributed by atoms with Crippen LogP contribution in [0.4, 0.5) is 5.82 Å². The Hall–Kier alpha value is -2.54.